The van der Waals surface area contributed by atoms with Gasteiger partial charge in [0.05, 0.1) is 38.9 Å². The standard InChI is InChI=1S/C25H24F2N8O4S/c1-11-31-16-3-2-13(8-19(16)40-11)35-25(29-10-30-35)24-23(38)21(22(37)18(39-24)4-5-36)34-9-17(32-33-34)12-6-14(26)20(27)15(28)7-12/h2-3,6-10,18,21-24,36-38H,4-5,28H2,1H3/t18-,21+,22+,23-,24-/m1/s1. The van der Waals surface area contributed by atoms with E-state index in [1.807, 2.05) is 25.1 Å². The Morgan fingerprint density at radius 3 is 2.75 bits per heavy atom. The van der Waals surface area contributed by atoms with Gasteiger partial charge in [-0.15, -0.1) is 16.4 Å². The average molecular weight is 571 g/mol. The Balaban J connectivity index is 1.37. The lowest BCUT2D eigenvalue weighted by Gasteiger charge is -2.42. The van der Waals surface area contributed by atoms with Gasteiger partial charge in [0.1, 0.15) is 36.4 Å². The predicted molar refractivity (Wildman–Crippen MR) is 139 cm³/mol. The fraction of sp³-hybridized carbons (Fsp3) is 0.320. The number of ether oxygens (including phenoxy) is 1. The van der Waals surface area contributed by atoms with Crippen LogP contribution in [-0.4, -0.2) is 75.0 Å². The molecule has 5 atom stereocenters. The summed E-state index contributed by atoms with van der Waals surface area (Å²) in [5.41, 5.74) is 6.98. The Labute approximate surface area is 229 Å². The zero-order valence-electron chi connectivity index (χ0n) is 21.0. The quantitative estimate of drug-likeness (QED) is 0.222. The van der Waals surface area contributed by atoms with E-state index in [9.17, 15) is 24.1 Å². The number of halogens is 2. The number of hydrogen-bond donors (Lipinski definition) is 4. The zero-order valence-corrected chi connectivity index (χ0v) is 21.8. The molecule has 5 aromatic rings. The lowest BCUT2D eigenvalue weighted by molar-refractivity contribution is -0.205. The first-order valence-corrected chi connectivity index (χ1v) is 13.1. The molecule has 1 aliphatic heterocycles. The molecule has 0 aliphatic carbocycles. The molecule has 3 aromatic heterocycles. The third kappa shape index (κ3) is 4.50. The first-order valence-electron chi connectivity index (χ1n) is 12.3. The summed E-state index contributed by atoms with van der Waals surface area (Å²) in [5.74, 6) is -2.05. The van der Waals surface area contributed by atoms with Crippen LogP contribution in [0.25, 0.3) is 27.2 Å². The molecule has 0 unspecified atom stereocenters. The molecule has 12 nitrogen and oxygen atoms in total. The maximum absolute atomic E-state index is 14.0. The molecule has 6 rings (SSSR count). The van der Waals surface area contributed by atoms with Crippen LogP contribution in [0.3, 0.4) is 0 Å². The molecule has 208 valence electrons. The number of benzene rings is 2. The van der Waals surface area contributed by atoms with E-state index < -0.39 is 47.8 Å². The van der Waals surface area contributed by atoms with Crippen LogP contribution < -0.4 is 5.73 Å². The SMILES string of the molecule is Cc1nc2ccc(-n3ncnc3[C@@H]3O[C@H](CCO)[C@H](O)[C@H](n4cc(-c5cc(N)c(F)c(F)c5)nn4)[C@H]3O)cc2s1. The van der Waals surface area contributed by atoms with Gasteiger partial charge in [-0.05, 0) is 43.7 Å². The van der Waals surface area contributed by atoms with E-state index in [0.717, 1.165) is 21.3 Å². The second-order valence-corrected chi connectivity index (χ2v) is 10.7. The lowest BCUT2D eigenvalue weighted by Crippen LogP contribution is -2.52. The van der Waals surface area contributed by atoms with Gasteiger partial charge < -0.3 is 25.8 Å². The van der Waals surface area contributed by atoms with Crippen LogP contribution in [0.4, 0.5) is 14.5 Å². The number of nitrogens with zero attached hydrogens (tertiary/aromatic N) is 7. The fourth-order valence-electron chi connectivity index (χ4n) is 4.96. The Hall–Kier alpha value is -3.89. The summed E-state index contributed by atoms with van der Waals surface area (Å²) in [6, 6.07) is 6.63. The van der Waals surface area contributed by atoms with E-state index in [4.69, 9.17) is 10.5 Å². The summed E-state index contributed by atoms with van der Waals surface area (Å²) in [5, 5.41) is 45.6. The van der Waals surface area contributed by atoms with E-state index in [1.165, 1.54) is 39.3 Å². The number of rotatable bonds is 6. The van der Waals surface area contributed by atoms with Crippen molar-refractivity contribution in [1.29, 1.82) is 0 Å². The van der Waals surface area contributed by atoms with E-state index in [1.54, 1.807) is 0 Å². The Morgan fingerprint density at radius 2 is 1.98 bits per heavy atom. The number of hydrogen-bond acceptors (Lipinski definition) is 11. The average Bonchev–Trinajstić information content (AvgIpc) is 3.67. The van der Waals surface area contributed by atoms with Gasteiger partial charge in [0.15, 0.2) is 17.5 Å². The van der Waals surface area contributed by atoms with Crippen LogP contribution >= 0.6 is 11.3 Å². The van der Waals surface area contributed by atoms with Gasteiger partial charge in [0.25, 0.3) is 0 Å². The van der Waals surface area contributed by atoms with Crippen molar-refractivity contribution < 1.29 is 28.8 Å². The van der Waals surface area contributed by atoms with Gasteiger partial charge in [-0.25, -0.2) is 28.1 Å². The first-order chi connectivity index (χ1) is 19.2. The molecule has 0 spiro atoms. The smallest absolute Gasteiger partial charge is 0.181 e. The summed E-state index contributed by atoms with van der Waals surface area (Å²) >= 11 is 1.53. The molecular weight excluding hydrogens is 546 g/mol. The number of anilines is 1. The van der Waals surface area contributed by atoms with E-state index in [-0.39, 0.29) is 30.1 Å². The second-order valence-electron chi connectivity index (χ2n) is 9.44. The van der Waals surface area contributed by atoms with Crippen LogP contribution in [0.1, 0.15) is 29.4 Å². The van der Waals surface area contributed by atoms with Crippen LogP contribution in [-0.2, 0) is 4.74 Å². The topological polar surface area (TPSA) is 170 Å². The molecule has 5 N–H and O–H groups in total. The van der Waals surface area contributed by atoms with Crippen molar-refractivity contribution >= 4 is 27.2 Å². The third-order valence-electron chi connectivity index (χ3n) is 6.85. The van der Waals surface area contributed by atoms with Gasteiger partial charge in [0, 0.05) is 12.2 Å². The zero-order chi connectivity index (χ0) is 28.1. The number of nitrogen functional groups attached to an aromatic ring is 1. The van der Waals surface area contributed by atoms with Crippen molar-refractivity contribution in [3.05, 3.63) is 65.3 Å². The monoisotopic (exact) mass is 570 g/mol. The summed E-state index contributed by atoms with van der Waals surface area (Å²) in [6.07, 6.45) is -1.93. The van der Waals surface area contributed by atoms with Crippen LogP contribution in [0.2, 0.25) is 0 Å². The van der Waals surface area contributed by atoms with Crippen molar-refractivity contribution in [2.24, 2.45) is 0 Å². The molecule has 4 heterocycles. The molecule has 40 heavy (non-hydrogen) atoms. The van der Waals surface area contributed by atoms with Crippen LogP contribution in [0.5, 0.6) is 0 Å². The van der Waals surface area contributed by atoms with Crippen molar-refractivity contribution in [3.8, 4) is 16.9 Å². The molecule has 1 saturated heterocycles. The van der Waals surface area contributed by atoms with Gasteiger partial charge in [-0.1, -0.05) is 5.21 Å². The minimum Gasteiger partial charge on any atom is -0.396 e. The van der Waals surface area contributed by atoms with Crippen LogP contribution in [0, 0.1) is 18.6 Å². The normalized spacial score (nSPS) is 23.2. The van der Waals surface area contributed by atoms with Gasteiger partial charge >= 0.3 is 0 Å². The summed E-state index contributed by atoms with van der Waals surface area (Å²) in [4.78, 5) is 8.83. The summed E-state index contributed by atoms with van der Waals surface area (Å²) in [7, 11) is 0. The van der Waals surface area contributed by atoms with Gasteiger partial charge in [-0.2, -0.15) is 5.10 Å². The molecule has 1 fully saturated rings. The number of aliphatic hydroxyl groups is 3. The molecule has 0 saturated carbocycles. The minimum atomic E-state index is -1.40. The molecule has 0 radical (unpaired) electrons. The number of fused-ring (bicyclic) bond motifs is 1. The fourth-order valence-corrected chi connectivity index (χ4v) is 5.82. The Bertz CT molecular complexity index is 1670. The summed E-state index contributed by atoms with van der Waals surface area (Å²) in [6.45, 7) is 1.63. The molecule has 2 aromatic carbocycles. The summed E-state index contributed by atoms with van der Waals surface area (Å²) < 4.78 is 37.4. The van der Waals surface area contributed by atoms with Crippen molar-refractivity contribution in [1.82, 2.24) is 34.7 Å². The second kappa shape index (κ2) is 10.3. The number of aliphatic hydroxyl groups excluding tert-OH is 3. The molecule has 15 heteroatoms. The molecular formula is C25H24F2N8O4S. The van der Waals surface area contributed by atoms with Gasteiger partial charge in [0.2, 0.25) is 0 Å². The van der Waals surface area contributed by atoms with E-state index in [2.05, 4.69) is 25.4 Å². The Kier molecular flexibility index (Phi) is 6.75. The largest absolute Gasteiger partial charge is 0.396 e. The highest BCUT2D eigenvalue weighted by Gasteiger charge is 2.48. The van der Waals surface area contributed by atoms with Crippen molar-refractivity contribution in [3.63, 3.8) is 0 Å². The maximum atomic E-state index is 14.0. The van der Waals surface area contributed by atoms with Crippen molar-refractivity contribution in [2.75, 3.05) is 12.3 Å². The molecule has 0 amide bonds. The van der Waals surface area contributed by atoms with Crippen LogP contribution in [0.15, 0.2) is 42.9 Å². The number of aromatic nitrogens is 7. The van der Waals surface area contributed by atoms with Crippen molar-refractivity contribution in [2.45, 2.75) is 43.8 Å². The lowest BCUT2D eigenvalue weighted by atomic mass is 9.90. The minimum absolute atomic E-state index is 0.0579. The number of nitrogens with two attached hydrogens (primary N) is 1. The third-order valence-corrected chi connectivity index (χ3v) is 7.78. The molecule has 1 aliphatic rings. The maximum Gasteiger partial charge on any atom is 0.181 e. The van der Waals surface area contributed by atoms with E-state index >= 15 is 0 Å². The molecule has 0 bridgehead atoms. The van der Waals surface area contributed by atoms with E-state index in [0.29, 0.717) is 5.69 Å². The Morgan fingerprint density at radius 1 is 1.15 bits per heavy atom. The highest BCUT2D eigenvalue weighted by Crippen LogP contribution is 2.39. The predicted octanol–water partition coefficient (Wildman–Crippen LogP) is 2.09. The van der Waals surface area contributed by atoms with Gasteiger partial charge in [-0.3, -0.25) is 0 Å². The highest BCUT2D eigenvalue weighted by atomic mass is 32.1. The number of aryl methyl sites for hydroxylation is 1. The highest BCUT2D eigenvalue weighted by molar-refractivity contribution is 7.18. The number of thiazole rings is 1. The first kappa shape index (κ1) is 26.3.